The number of nitrogens with one attached hydrogen (secondary N) is 1. The molecule has 4 rings (SSSR count). The average molecular weight is 286 g/mol. The third kappa shape index (κ3) is 2.00. The van der Waals surface area contributed by atoms with Crippen LogP contribution in [0.1, 0.15) is 31.2 Å². The van der Waals surface area contributed by atoms with E-state index in [1.165, 1.54) is 0 Å². The molecule has 1 amide bonds. The Kier molecular flexibility index (Phi) is 3.05. The van der Waals surface area contributed by atoms with Gasteiger partial charge in [0.25, 0.3) is 0 Å². The summed E-state index contributed by atoms with van der Waals surface area (Å²) in [5.41, 5.74) is 7.04. The van der Waals surface area contributed by atoms with Gasteiger partial charge in [-0.2, -0.15) is 0 Å². The van der Waals surface area contributed by atoms with Crippen molar-refractivity contribution in [3.05, 3.63) is 35.9 Å². The zero-order valence-corrected chi connectivity index (χ0v) is 12.1. The summed E-state index contributed by atoms with van der Waals surface area (Å²) < 4.78 is 5.80. The summed E-state index contributed by atoms with van der Waals surface area (Å²) in [6, 6.07) is 10.1. The summed E-state index contributed by atoms with van der Waals surface area (Å²) in [6.07, 6.45) is 4.20. The summed E-state index contributed by atoms with van der Waals surface area (Å²) in [5.74, 6) is 0.553. The minimum atomic E-state index is -0.319. The number of amides is 1. The largest absolute Gasteiger partial charge is 0.376 e. The topological polar surface area (TPSA) is 64.3 Å². The zero-order chi connectivity index (χ0) is 14.4. The first-order valence-corrected chi connectivity index (χ1v) is 7.96. The fourth-order valence-corrected chi connectivity index (χ4v) is 3.94. The maximum absolute atomic E-state index is 12.7. The van der Waals surface area contributed by atoms with Crippen LogP contribution in [0, 0.1) is 5.92 Å². The van der Waals surface area contributed by atoms with E-state index >= 15 is 0 Å². The van der Waals surface area contributed by atoms with Crippen molar-refractivity contribution in [1.82, 2.24) is 5.32 Å². The molecule has 1 aromatic rings. The van der Waals surface area contributed by atoms with Crippen LogP contribution in [-0.2, 0) is 14.9 Å². The van der Waals surface area contributed by atoms with Gasteiger partial charge in [0.2, 0.25) is 5.91 Å². The fraction of sp³-hybridized carbons (Fsp3) is 0.588. The molecule has 2 saturated carbocycles. The van der Waals surface area contributed by atoms with Gasteiger partial charge in [-0.1, -0.05) is 30.3 Å². The number of carbonyl (C=O) groups is 1. The Balaban J connectivity index is 1.47. The molecular weight excluding hydrogens is 264 g/mol. The van der Waals surface area contributed by atoms with Crippen molar-refractivity contribution in [1.29, 1.82) is 0 Å². The molecule has 4 unspecified atom stereocenters. The number of hydrogen-bond acceptors (Lipinski definition) is 3. The number of ether oxygens (including phenoxy) is 1. The highest BCUT2D eigenvalue weighted by Gasteiger charge is 2.56. The van der Waals surface area contributed by atoms with Crippen LogP contribution >= 0.6 is 0 Å². The summed E-state index contributed by atoms with van der Waals surface area (Å²) in [5, 5.41) is 3.18. The molecule has 1 aromatic carbocycles. The van der Waals surface area contributed by atoms with E-state index in [9.17, 15) is 4.79 Å². The standard InChI is InChI=1S/C17H22N2O2/c18-13-12-7-4-10-21-15(12)14(13)19-16(20)17(8-9-17)11-5-2-1-3-6-11/h1-3,5-6,12-15H,4,7-10,18H2,(H,19,20). The van der Waals surface area contributed by atoms with E-state index < -0.39 is 0 Å². The van der Waals surface area contributed by atoms with Crippen molar-refractivity contribution in [3.63, 3.8) is 0 Å². The maximum atomic E-state index is 12.7. The van der Waals surface area contributed by atoms with Crippen LogP contribution < -0.4 is 11.1 Å². The number of hydrogen-bond donors (Lipinski definition) is 2. The summed E-state index contributed by atoms with van der Waals surface area (Å²) >= 11 is 0. The molecule has 4 atom stereocenters. The zero-order valence-electron chi connectivity index (χ0n) is 12.1. The summed E-state index contributed by atoms with van der Waals surface area (Å²) in [6.45, 7) is 0.796. The number of nitrogens with two attached hydrogens (primary N) is 1. The molecule has 0 radical (unpaired) electrons. The van der Waals surface area contributed by atoms with Crippen molar-refractivity contribution >= 4 is 5.91 Å². The lowest BCUT2D eigenvalue weighted by Gasteiger charge is -2.52. The lowest BCUT2D eigenvalue weighted by molar-refractivity contribution is -0.141. The number of fused-ring (bicyclic) bond motifs is 1. The van der Waals surface area contributed by atoms with Crippen LogP contribution in [0.25, 0.3) is 0 Å². The Bertz CT molecular complexity index is 541. The molecular formula is C17H22N2O2. The van der Waals surface area contributed by atoms with Crippen molar-refractivity contribution in [2.75, 3.05) is 6.61 Å². The maximum Gasteiger partial charge on any atom is 0.231 e. The fourth-order valence-electron chi connectivity index (χ4n) is 3.94. The Labute approximate surface area is 125 Å². The Hall–Kier alpha value is -1.39. The van der Waals surface area contributed by atoms with Gasteiger partial charge in [-0.25, -0.2) is 0 Å². The lowest BCUT2D eigenvalue weighted by Crippen LogP contribution is -2.72. The predicted molar refractivity (Wildman–Crippen MR) is 79.7 cm³/mol. The van der Waals surface area contributed by atoms with Crippen LogP contribution in [0.3, 0.4) is 0 Å². The van der Waals surface area contributed by atoms with Gasteiger partial charge in [-0.15, -0.1) is 0 Å². The van der Waals surface area contributed by atoms with Crippen LogP contribution in [0.4, 0.5) is 0 Å². The van der Waals surface area contributed by atoms with Gasteiger partial charge in [0.05, 0.1) is 17.6 Å². The smallest absolute Gasteiger partial charge is 0.231 e. The summed E-state index contributed by atoms with van der Waals surface area (Å²) in [4.78, 5) is 12.7. The van der Waals surface area contributed by atoms with Gasteiger partial charge in [0, 0.05) is 18.6 Å². The lowest BCUT2D eigenvalue weighted by atomic mass is 9.68. The first-order valence-electron chi connectivity index (χ1n) is 7.96. The van der Waals surface area contributed by atoms with Crippen LogP contribution in [-0.4, -0.2) is 30.7 Å². The molecule has 21 heavy (non-hydrogen) atoms. The minimum absolute atomic E-state index is 0.0102. The van der Waals surface area contributed by atoms with Gasteiger partial charge in [-0.05, 0) is 31.2 Å². The van der Waals surface area contributed by atoms with Gasteiger partial charge in [0.15, 0.2) is 0 Å². The van der Waals surface area contributed by atoms with E-state index in [1.54, 1.807) is 0 Å². The second kappa shape index (κ2) is 4.82. The van der Waals surface area contributed by atoms with E-state index in [0.717, 1.165) is 37.9 Å². The van der Waals surface area contributed by atoms with Gasteiger partial charge in [-0.3, -0.25) is 4.79 Å². The molecule has 3 aliphatic rings. The second-order valence-corrected chi connectivity index (χ2v) is 6.67. The third-order valence-electron chi connectivity index (χ3n) is 5.49. The molecule has 112 valence electrons. The summed E-state index contributed by atoms with van der Waals surface area (Å²) in [7, 11) is 0. The van der Waals surface area contributed by atoms with E-state index in [1.807, 2.05) is 30.3 Å². The number of rotatable bonds is 3. The Morgan fingerprint density at radius 3 is 2.76 bits per heavy atom. The van der Waals surface area contributed by atoms with Crippen molar-refractivity contribution < 1.29 is 9.53 Å². The van der Waals surface area contributed by atoms with Crippen molar-refractivity contribution in [2.45, 2.75) is 49.3 Å². The van der Waals surface area contributed by atoms with E-state index in [2.05, 4.69) is 5.32 Å². The highest BCUT2D eigenvalue weighted by Crippen LogP contribution is 2.49. The highest BCUT2D eigenvalue weighted by atomic mass is 16.5. The first-order chi connectivity index (χ1) is 10.2. The van der Waals surface area contributed by atoms with E-state index in [-0.39, 0.29) is 29.5 Å². The monoisotopic (exact) mass is 286 g/mol. The highest BCUT2D eigenvalue weighted by molar-refractivity contribution is 5.91. The molecule has 0 bridgehead atoms. The quantitative estimate of drug-likeness (QED) is 0.881. The SMILES string of the molecule is NC1C2CCCOC2C1NC(=O)C1(c2ccccc2)CC1. The van der Waals surface area contributed by atoms with Crippen LogP contribution in [0.2, 0.25) is 0 Å². The normalized spacial score (nSPS) is 36.2. The van der Waals surface area contributed by atoms with Gasteiger partial charge >= 0.3 is 0 Å². The van der Waals surface area contributed by atoms with Crippen LogP contribution in [0.5, 0.6) is 0 Å². The Morgan fingerprint density at radius 1 is 1.29 bits per heavy atom. The predicted octanol–water partition coefficient (Wildman–Crippen LogP) is 1.34. The molecule has 0 aromatic heterocycles. The van der Waals surface area contributed by atoms with Crippen molar-refractivity contribution in [2.24, 2.45) is 11.7 Å². The van der Waals surface area contributed by atoms with Gasteiger partial charge < -0.3 is 15.8 Å². The van der Waals surface area contributed by atoms with E-state index in [0.29, 0.717) is 5.92 Å². The third-order valence-corrected chi connectivity index (χ3v) is 5.49. The molecule has 1 aliphatic heterocycles. The molecule has 0 spiro atoms. The Morgan fingerprint density at radius 2 is 2.05 bits per heavy atom. The van der Waals surface area contributed by atoms with Crippen LogP contribution in [0.15, 0.2) is 30.3 Å². The van der Waals surface area contributed by atoms with E-state index in [4.69, 9.17) is 10.5 Å². The molecule has 1 saturated heterocycles. The first kappa shape index (κ1) is 13.3. The van der Waals surface area contributed by atoms with Gasteiger partial charge in [0.1, 0.15) is 0 Å². The number of carbonyl (C=O) groups excluding carboxylic acids is 1. The molecule has 4 nitrogen and oxygen atoms in total. The minimum Gasteiger partial charge on any atom is -0.376 e. The van der Waals surface area contributed by atoms with Crippen molar-refractivity contribution in [3.8, 4) is 0 Å². The molecule has 1 heterocycles. The molecule has 2 aliphatic carbocycles. The molecule has 3 fully saturated rings. The average Bonchev–Trinajstić information content (AvgIpc) is 3.35. The molecule has 4 heteroatoms. The number of benzene rings is 1. The molecule has 3 N–H and O–H groups in total. The second-order valence-electron chi connectivity index (χ2n) is 6.67.